The number of carbonyl (C=O) groups is 2. The van der Waals surface area contributed by atoms with E-state index in [0.717, 1.165) is 25.7 Å². The second-order valence-corrected chi connectivity index (χ2v) is 9.25. The Hall–Kier alpha value is -2.51. The van der Waals surface area contributed by atoms with Gasteiger partial charge < -0.3 is 19.9 Å². The van der Waals surface area contributed by atoms with E-state index in [9.17, 15) is 19.5 Å². The molecule has 6 rings (SSSR count). The number of nitrogens with zero attached hydrogens (tertiary/aromatic N) is 2. The van der Waals surface area contributed by atoms with Crippen LogP contribution in [-0.4, -0.2) is 38.5 Å². The Morgan fingerprint density at radius 1 is 1.16 bits per heavy atom. The van der Waals surface area contributed by atoms with Gasteiger partial charge >= 0.3 is 0 Å². The number of aromatic nitrogens is 1. The summed E-state index contributed by atoms with van der Waals surface area (Å²) in [5.74, 6) is -1.23. The lowest BCUT2D eigenvalue weighted by Gasteiger charge is -2.53. The number of halogens is 2. The zero-order valence-corrected chi connectivity index (χ0v) is 18.1. The highest BCUT2D eigenvalue weighted by atomic mass is 35.5. The molecule has 2 N–H and O–H groups in total. The fraction of sp³-hybridized carbons (Fsp3) is 0.409. The van der Waals surface area contributed by atoms with Crippen molar-refractivity contribution in [3.63, 3.8) is 0 Å². The van der Waals surface area contributed by atoms with Gasteiger partial charge in [-0.25, -0.2) is 0 Å². The van der Waals surface area contributed by atoms with Crippen molar-refractivity contribution in [2.45, 2.75) is 50.9 Å². The van der Waals surface area contributed by atoms with Gasteiger partial charge in [-0.3, -0.25) is 14.4 Å². The van der Waals surface area contributed by atoms with Crippen LogP contribution in [0.15, 0.2) is 29.2 Å². The molecule has 2 amide bonds. The molecular formula is C22H21Cl2N3O4. The van der Waals surface area contributed by atoms with E-state index in [1.54, 1.807) is 22.8 Å². The summed E-state index contributed by atoms with van der Waals surface area (Å²) < 4.78 is 1.57. The first-order valence-electron chi connectivity index (χ1n) is 10.4. The molecule has 1 atom stereocenters. The van der Waals surface area contributed by atoms with Crippen molar-refractivity contribution in [3.05, 3.63) is 61.5 Å². The minimum atomic E-state index is -0.852. The largest absolute Gasteiger partial charge is 0.503 e. The van der Waals surface area contributed by atoms with Gasteiger partial charge in [-0.2, -0.15) is 0 Å². The topological polar surface area (TPSA) is 91.6 Å². The van der Waals surface area contributed by atoms with Crippen LogP contribution in [0.3, 0.4) is 0 Å². The minimum absolute atomic E-state index is 0.0248. The maximum Gasteiger partial charge on any atom is 0.275 e. The third-order valence-corrected chi connectivity index (χ3v) is 7.69. The number of piperidine rings is 2. The van der Waals surface area contributed by atoms with Crippen LogP contribution in [0.1, 0.15) is 52.1 Å². The Bertz CT molecular complexity index is 1150. The molecule has 31 heavy (non-hydrogen) atoms. The number of rotatable bonds is 3. The lowest BCUT2D eigenvalue weighted by molar-refractivity contribution is -0.0181. The number of hydrogen-bond acceptors (Lipinski definition) is 4. The number of amides is 2. The predicted octanol–water partition coefficient (Wildman–Crippen LogP) is 3.19. The van der Waals surface area contributed by atoms with Gasteiger partial charge in [0, 0.05) is 25.3 Å². The monoisotopic (exact) mass is 461 g/mol. The smallest absolute Gasteiger partial charge is 0.275 e. The highest BCUT2D eigenvalue weighted by Gasteiger charge is 2.48. The van der Waals surface area contributed by atoms with Crippen LogP contribution in [0, 0.1) is 5.92 Å². The number of hydrogen-bond donors (Lipinski definition) is 2. The maximum absolute atomic E-state index is 13.2. The Balaban J connectivity index is 1.45. The number of nitrogens with one attached hydrogen (secondary N) is 1. The molecule has 0 radical (unpaired) electrons. The molecule has 2 saturated heterocycles. The van der Waals surface area contributed by atoms with Crippen molar-refractivity contribution >= 4 is 35.0 Å². The van der Waals surface area contributed by atoms with E-state index in [-0.39, 0.29) is 35.8 Å². The number of fused-ring (bicyclic) bond motifs is 3. The molecule has 4 aliphatic rings. The number of carbonyl (C=O) groups excluding carboxylic acids is 2. The second kappa shape index (κ2) is 7.57. The molecule has 1 aliphatic carbocycles. The molecule has 0 spiro atoms. The quantitative estimate of drug-likeness (QED) is 0.733. The van der Waals surface area contributed by atoms with E-state index in [0.29, 0.717) is 28.1 Å². The number of aromatic hydroxyl groups is 1. The summed E-state index contributed by atoms with van der Waals surface area (Å²) >= 11 is 12.2. The molecule has 2 bridgehead atoms. The van der Waals surface area contributed by atoms with E-state index in [4.69, 9.17) is 23.2 Å². The van der Waals surface area contributed by atoms with Gasteiger partial charge in [-0.1, -0.05) is 35.3 Å². The summed E-state index contributed by atoms with van der Waals surface area (Å²) in [6, 6.07) is 5.27. The zero-order chi connectivity index (χ0) is 21.9. The first-order valence-corrected chi connectivity index (χ1v) is 11.1. The van der Waals surface area contributed by atoms with Crippen molar-refractivity contribution in [2.24, 2.45) is 5.92 Å². The van der Waals surface area contributed by atoms with Gasteiger partial charge in [0.05, 0.1) is 16.1 Å². The van der Waals surface area contributed by atoms with Gasteiger partial charge in [-0.15, -0.1) is 0 Å². The molecule has 1 aromatic carbocycles. The predicted molar refractivity (Wildman–Crippen MR) is 116 cm³/mol. The van der Waals surface area contributed by atoms with Gasteiger partial charge in [0.25, 0.3) is 11.8 Å². The molecule has 0 unspecified atom stereocenters. The number of benzene rings is 1. The van der Waals surface area contributed by atoms with Crippen molar-refractivity contribution < 1.29 is 14.7 Å². The molecule has 1 saturated carbocycles. The summed E-state index contributed by atoms with van der Waals surface area (Å²) in [5.41, 5.74) is -0.478. The second-order valence-electron chi connectivity index (χ2n) is 8.47. The first-order chi connectivity index (χ1) is 14.9. The Labute approximate surface area is 188 Å². The Kier molecular flexibility index (Phi) is 4.98. The summed E-state index contributed by atoms with van der Waals surface area (Å²) in [4.78, 5) is 40.5. The SMILES string of the molecule is O=C(NCc1cccc(Cl)c1Cl)c1cn2c(c(O)c1=O)C(=O)N1[C@H]3CC[C@H](CC3)[C@@H]1C2. The minimum Gasteiger partial charge on any atom is -0.503 e. The zero-order valence-electron chi connectivity index (χ0n) is 16.6. The van der Waals surface area contributed by atoms with Crippen molar-refractivity contribution in [3.8, 4) is 5.75 Å². The summed E-state index contributed by atoms with van der Waals surface area (Å²) in [5, 5.41) is 13.9. The molecule has 7 nitrogen and oxygen atoms in total. The fourth-order valence-electron chi connectivity index (χ4n) is 5.28. The first kappa shape index (κ1) is 20.4. The number of pyridine rings is 1. The van der Waals surface area contributed by atoms with Crippen LogP contribution in [0.25, 0.3) is 0 Å². The molecule has 1 aromatic heterocycles. The van der Waals surface area contributed by atoms with Crippen LogP contribution in [0.4, 0.5) is 0 Å². The van der Waals surface area contributed by atoms with E-state index in [1.807, 2.05) is 4.90 Å². The molecule has 2 aromatic rings. The van der Waals surface area contributed by atoms with Crippen LogP contribution >= 0.6 is 23.2 Å². The Morgan fingerprint density at radius 3 is 2.65 bits per heavy atom. The highest BCUT2D eigenvalue weighted by Crippen LogP contribution is 2.43. The molecule has 162 valence electrons. The standard InChI is InChI=1S/C22H21Cl2N3O4/c23-15-3-1-2-12(17(15)24)8-25-21(30)14-9-26-10-16-11-4-6-13(7-5-11)27(16)22(31)18(26)20(29)19(14)28/h1-3,9,11,13,16,29H,4-8,10H2,(H,25,30)/t11-,13+,16-/m0/s1. The van der Waals surface area contributed by atoms with Crippen LogP contribution in [-0.2, 0) is 13.1 Å². The lowest BCUT2D eigenvalue weighted by atomic mass is 9.73. The van der Waals surface area contributed by atoms with Crippen LogP contribution < -0.4 is 10.7 Å². The molecular weight excluding hydrogens is 441 g/mol. The molecule has 4 heterocycles. The van der Waals surface area contributed by atoms with Crippen molar-refractivity contribution in [1.29, 1.82) is 0 Å². The van der Waals surface area contributed by atoms with E-state index in [1.165, 1.54) is 6.20 Å². The third-order valence-electron chi connectivity index (χ3n) is 6.83. The van der Waals surface area contributed by atoms with E-state index in [2.05, 4.69) is 5.32 Å². The van der Waals surface area contributed by atoms with Crippen molar-refractivity contribution in [2.75, 3.05) is 0 Å². The van der Waals surface area contributed by atoms with Crippen molar-refractivity contribution in [1.82, 2.24) is 14.8 Å². The van der Waals surface area contributed by atoms with Gasteiger partial charge in [0.2, 0.25) is 5.43 Å². The van der Waals surface area contributed by atoms with Gasteiger partial charge in [0.15, 0.2) is 11.4 Å². The van der Waals surface area contributed by atoms with Crippen LogP contribution in [0.5, 0.6) is 5.75 Å². The molecule has 3 fully saturated rings. The summed E-state index contributed by atoms with van der Waals surface area (Å²) in [6.45, 7) is 0.537. The third kappa shape index (κ3) is 3.22. The van der Waals surface area contributed by atoms with Gasteiger partial charge in [0.1, 0.15) is 5.56 Å². The van der Waals surface area contributed by atoms with Gasteiger partial charge in [-0.05, 0) is 43.2 Å². The van der Waals surface area contributed by atoms with Crippen LogP contribution in [0.2, 0.25) is 10.0 Å². The summed E-state index contributed by atoms with van der Waals surface area (Å²) in [7, 11) is 0. The molecule has 3 aliphatic heterocycles. The fourth-order valence-corrected chi connectivity index (χ4v) is 5.66. The Morgan fingerprint density at radius 2 is 1.90 bits per heavy atom. The lowest BCUT2D eigenvalue weighted by Crippen LogP contribution is -2.61. The highest BCUT2D eigenvalue weighted by molar-refractivity contribution is 6.42. The summed E-state index contributed by atoms with van der Waals surface area (Å²) in [6.07, 6.45) is 5.47. The average Bonchev–Trinajstić information content (AvgIpc) is 2.77. The normalized spacial score (nSPS) is 24.0. The van der Waals surface area contributed by atoms with E-state index >= 15 is 0 Å². The maximum atomic E-state index is 13.2. The van der Waals surface area contributed by atoms with E-state index < -0.39 is 17.1 Å². The average molecular weight is 462 g/mol. The molecule has 9 heteroatoms.